The molecular formula is C32H45N5O9S. The Morgan fingerprint density at radius 2 is 1.83 bits per heavy atom. The monoisotopic (exact) mass is 675 g/mol. The molecule has 1 aliphatic carbocycles. The third kappa shape index (κ3) is 9.55. The molecular weight excluding hydrogens is 630 g/mol. The van der Waals surface area contributed by atoms with Gasteiger partial charge in [0, 0.05) is 25.8 Å². The maximum absolute atomic E-state index is 14.1. The number of hydrogen-bond acceptors (Lipinski definition) is 10. The van der Waals surface area contributed by atoms with Crippen LogP contribution >= 0.6 is 0 Å². The second-order valence-electron chi connectivity index (χ2n) is 11.9. The molecule has 5 rings (SSSR count). The summed E-state index contributed by atoms with van der Waals surface area (Å²) in [4.78, 5) is 30.6. The van der Waals surface area contributed by atoms with Gasteiger partial charge < -0.3 is 40.6 Å². The molecule has 3 fully saturated rings. The van der Waals surface area contributed by atoms with Crippen molar-refractivity contribution in [3.8, 4) is 0 Å². The number of alkyl carbamates (subject to hydrolysis) is 1. The summed E-state index contributed by atoms with van der Waals surface area (Å²) in [5, 5.41) is 22.6. The van der Waals surface area contributed by atoms with Crippen molar-refractivity contribution in [1.82, 2.24) is 20.4 Å². The van der Waals surface area contributed by atoms with Crippen LogP contribution in [0.2, 0.25) is 0 Å². The smallest absolute Gasteiger partial charge is 0.407 e. The van der Waals surface area contributed by atoms with E-state index in [1.165, 1.54) is 19.2 Å². The van der Waals surface area contributed by atoms with Gasteiger partial charge in [-0.2, -0.15) is 0 Å². The van der Waals surface area contributed by atoms with Gasteiger partial charge in [0.25, 0.3) is 10.0 Å². The normalized spacial score (nSPS) is 22.4. The number of carbonyl (C=O) groups is 2. The van der Waals surface area contributed by atoms with Crippen LogP contribution in [0.25, 0.3) is 0 Å². The van der Waals surface area contributed by atoms with E-state index in [1.807, 2.05) is 30.3 Å². The van der Waals surface area contributed by atoms with E-state index in [9.17, 15) is 23.1 Å². The largest absolute Gasteiger partial charge is 0.443 e. The lowest BCUT2D eigenvalue weighted by Crippen LogP contribution is -2.51. The first-order valence-electron chi connectivity index (χ1n) is 16.1. The molecule has 15 heteroatoms. The van der Waals surface area contributed by atoms with Gasteiger partial charge >= 0.3 is 12.1 Å². The van der Waals surface area contributed by atoms with Crippen LogP contribution in [0, 0.1) is 5.92 Å². The fourth-order valence-corrected chi connectivity index (χ4v) is 7.36. The van der Waals surface area contributed by atoms with E-state index in [1.54, 1.807) is 12.1 Å². The summed E-state index contributed by atoms with van der Waals surface area (Å²) in [7, 11) is -2.74. The Kier molecular flexibility index (Phi) is 12.3. The van der Waals surface area contributed by atoms with Crippen LogP contribution in [0.15, 0.2) is 59.5 Å². The second-order valence-corrected chi connectivity index (χ2v) is 13.8. The number of hydroxylamine groups is 1. The van der Waals surface area contributed by atoms with Gasteiger partial charge in [0.05, 0.1) is 48.8 Å². The zero-order valence-corrected chi connectivity index (χ0v) is 27.3. The molecule has 47 heavy (non-hydrogen) atoms. The highest BCUT2D eigenvalue weighted by molar-refractivity contribution is 7.89. The summed E-state index contributed by atoms with van der Waals surface area (Å²) in [5.41, 5.74) is 1.37. The Balaban J connectivity index is 1.31. The lowest BCUT2D eigenvalue weighted by molar-refractivity contribution is -0.145. The molecule has 2 aromatic rings. The number of fused-ring (bicyclic) bond motifs is 1. The van der Waals surface area contributed by atoms with Gasteiger partial charge in [0.2, 0.25) is 0 Å². The predicted octanol–water partition coefficient (Wildman–Crippen LogP) is 2.35. The van der Waals surface area contributed by atoms with Gasteiger partial charge in [-0.15, -0.1) is 0 Å². The molecule has 0 unspecified atom stereocenters. The first-order valence-corrected chi connectivity index (χ1v) is 17.6. The average Bonchev–Trinajstić information content (AvgIpc) is 3.84. The first-order chi connectivity index (χ1) is 22.7. The Hall–Kier alpha value is -3.47. The van der Waals surface area contributed by atoms with Gasteiger partial charge in [-0.25, -0.2) is 18.0 Å². The Labute approximate surface area is 275 Å². The Bertz CT molecular complexity index is 1430. The number of aliphatic hydroxyl groups excluding tert-OH is 1. The zero-order valence-electron chi connectivity index (χ0n) is 26.5. The summed E-state index contributed by atoms with van der Waals surface area (Å²) < 4.78 is 45.8. The van der Waals surface area contributed by atoms with E-state index in [4.69, 9.17) is 19.0 Å². The molecule has 0 bridgehead atoms. The lowest BCUT2D eigenvalue weighted by Gasteiger charge is -2.31. The summed E-state index contributed by atoms with van der Waals surface area (Å²) >= 11 is 0. The molecule has 2 saturated heterocycles. The van der Waals surface area contributed by atoms with Crippen molar-refractivity contribution in [3.63, 3.8) is 0 Å². The van der Waals surface area contributed by atoms with E-state index < -0.39 is 47.2 Å². The fourth-order valence-electron chi connectivity index (χ4n) is 6.01. The van der Waals surface area contributed by atoms with Gasteiger partial charge in [-0.1, -0.05) is 53.7 Å². The van der Waals surface area contributed by atoms with E-state index in [2.05, 4.69) is 21.3 Å². The van der Waals surface area contributed by atoms with Crippen molar-refractivity contribution in [2.75, 3.05) is 45.2 Å². The van der Waals surface area contributed by atoms with Crippen LogP contribution in [-0.2, 0) is 35.5 Å². The number of sulfonamides is 1. The molecule has 258 valence electrons. The van der Waals surface area contributed by atoms with Crippen LogP contribution in [0.4, 0.5) is 15.3 Å². The number of ether oxygens (including phenoxy) is 3. The van der Waals surface area contributed by atoms with Crippen LogP contribution in [0.5, 0.6) is 0 Å². The first kappa shape index (κ1) is 34.9. The highest BCUT2D eigenvalue weighted by Crippen LogP contribution is 2.33. The molecule has 3 aliphatic rings. The highest BCUT2D eigenvalue weighted by Gasteiger charge is 2.44. The Morgan fingerprint density at radius 3 is 2.60 bits per heavy atom. The van der Waals surface area contributed by atoms with Gasteiger partial charge in [0.1, 0.15) is 6.10 Å². The van der Waals surface area contributed by atoms with Gasteiger partial charge in [0.15, 0.2) is 6.29 Å². The molecule has 5 atom stereocenters. The van der Waals surface area contributed by atoms with E-state index in [0.29, 0.717) is 44.6 Å². The number of urea groups is 1. The minimum atomic E-state index is -4.26. The molecule has 0 aromatic heterocycles. The van der Waals surface area contributed by atoms with Gasteiger partial charge in [-0.05, 0) is 49.4 Å². The number of amides is 3. The van der Waals surface area contributed by atoms with Crippen LogP contribution in [0.1, 0.15) is 37.7 Å². The highest BCUT2D eigenvalue weighted by atomic mass is 32.2. The lowest BCUT2D eigenvalue weighted by atomic mass is 10.0. The predicted molar refractivity (Wildman–Crippen MR) is 172 cm³/mol. The van der Waals surface area contributed by atoms with Crippen molar-refractivity contribution < 1.29 is 42.2 Å². The van der Waals surface area contributed by atoms with E-state index in [-0.39, 0.29) is 36.0 Å². The third-order valence-corrected chi connectivity index (χ3v) is 10.2. The van der Waals surface area contributed by atoms with Crippen LogP contribution in [-0.4, -0.2) is 101 Å². The molecule has 0 spiro atoms. The number of aliphatic hydroxyl groups is 1. The van der Waals surface area contributed by atoms with E-state index in [0.717, 1.165) is 22.9 Å². The third-order valence-electron chi connectivity index (χ3n) is 8.58. The van der Waals surface area contributed by atoms with Crippen molar-refractivity contribution >= 4 is 27.8 Å². The standard InChI is InChI=1S/C32H45N5O9S/c1-33-31(39)35-16-15-34-23-10-7-13-25(19-23)47(41,42)37(46-24-11-5-6-12-24)20-28(38)27(18-22-8-3-2-4-9-22)36-32(40)45-29-21-44-30-26(29)14-17-43-30/h2-4,7-10,13,19,24,26-30,34,38H,5-6,11-12,14-18,20-21H2,1H3,(H,36,40)(H2,33,35,39)/t26-,27+,28+,29-,30+/m1/s1. The molecule has 14 nitrogen and oxygen atoms in total. The van der Waals surface area contributed by atoms with Crippen molar-refractivity contribution in [2.45, 2.75) is 74.1 Å². The fraction of sp³-hybridized carbons (Fsp3) is 0.562. The molecule has 2 aliphatic heterocycles. The maximum atomic E-state index is 14.1. The zero-order chi connectivity index (χ0) is 33.2. The number of anilines is 1. The summed E-state index contributed by atoms with van der Waals surface area (Å²) in [6.07, 6.45) is 0.827. The number of benzene rings is 2. The van der Waals surface area contributed by atoms with Crippen LogP contribution in [0.3, 0.4) is 0 Å². The number of carbonyl (C=O) groups excluding carboxylic acids is 2. The van der Waals surface area contributed by atoms with Crippen LogP contribution < -0.4 is 21.3 Å². The number of nitrogens with one attached hydrogen (secondary N) is 4. The van der Waals surface area contributed by atoms with Crippen molar-refractivity contribution in [3.05, 3.63) is 60.2 Å². The molecule has 2 aromatic carbocycles. The topological polar surface area (TPSA) is 177 Å². The van der Waals surface area contributed by atoms with Crippen molar-refractivity contribution in [1.29, 1.82) is 0 Å². The number of hydrogen-bond donors (Lipinski definition) is 5. The summed E-state index contributed by atoms with van der Waals surface area (Å²) in [5.74, 6) is -0.0592. The molecule has 0 radical (unpaired) electrons. The quantitative estimate of drug-likeness (QED) is 0.139. The molecule has 2 heterocycles. The minimum Gasteiger partial charge on any atom is -0.443 e. The van der Waals surface area contributed by atoms with E-state index >= 15 is 0 Å². The number of rotatable bonds is 15. The van der Waals surface area contributed by atoms with Gasteiger partial charge in [-0.3, -0.25) is 4.84 Å². The number of nitrogens with zero attached hydrogens (tertiary/aromatic N) is 1. The summed E-state index contributed by atoms with van der Waals surface area (Å²) in [6.45, 7) is 0.998. The SMILES string of the molecule is CNC(=O)NCCNc1cccc(S(=O)(=O)N(C[C@H](O)[C@H](Cc2ccccc2)NC(=O)O[C@@H]2CO[C@@H]3OCC[C@@H]32)OC2CCCC2)c1. The van der Waals surface area contributed by atoms with Crippen molar-refractivity contribution in [2.24, 2.45) is 5.92 Å². The second kappa shape index (κ2) is 16.6. The Morgan fingerprint density at radius 1 is 1.04 bits per heavy atom. The summed E-state index contributed by atoms with van der Waals surface area (Å²) in [6, 6.07) is 14.3. The molecule has 5 N–H and O–H groups in total. The molecule has 1 saturated carbocycles. The maximum Gasteiger partial charge on any atom is 0.407 e. The minimum absolute atomic E-state index is 0.0338. The average molecular weight is 676 g/mol. The molecule has 3 amide bonds.